The fourth-order valence-electron chi connectivity index (χ4n) is 0.419. The predicted molar refractivity (Wildman–Crippen MR) is 55.5 cm³/mol. The summed E-state index contributed by atoms with van der Waals surface area (Å²) in [6.07, 6.45) is 1.19. The lowest BCUT2D eigenvalue weighted by atomic mass is 10.4. The molecule has 0 radical (unpaired) electrons. The lowest BCUT2D eigenvalue weighted by molar-refractivity contribution is -0.117. The van der Waals surface area contributed by atoms with Crippen LogP contribution in [0.5, 0.6) is 0 Å². The van der Waals surface area contributed by atoms with Crippen LogP contribution >= 0.6 is 21.6 Å². The minimum atomic E-state index is 0.247. The molecule has 0 heterocycles. The van der Waals surface area contributed by atoms with Crippen molar-refractivity contribution in [2.45, 2.75) is 26.7 Å². The number of rotatable bonds is 7. The first-order valence-corrected chi connectivity index (χ1v) is 6.47. The second-order valence-corrected chi connectivity index (χ2v) is 4.77. The Morgan fingerprint density at radius 1 is 0.917 bits per heavy atom. The maximum absolute atomic E-state index is 10.8. The highest BCUT2D eigenvalue weighted by atomic mass is 33.1. The average molecular weight is 206 g/mol. The van der Waals surface area contributed by atoms with Gasteiger partial charge in [0.2, 0.25) is 0 Å². The maximum atomic E-state index is 10.8. The molecule has 70 valence electrons. The predicted octanol–water partition coefficient (Wildman–Crippen LogP) is 2.33. The highest BCUT2D eigenvalue weighted by Gasteiger charge is 2.01. The number of carbonyl (C=O) groups excluding carboxylic acids is 2. The van der Waals surface area contributed by atoms with Crippen molar-refractivity contribution in [2.75, 3.05) is 11.5 Å². The van der Waals surface area contributed by atoms with Gasteiger partial charge in [-0.25, -0.2) is 0 Å². The normalized spacial score (nSPS) is 9.83. The molecule has 4 heteroatoms. The molecule has 0 aliphatic heterocycles. The van der Waals surface area contributed by atoms with Gasteiger partial charge in [0.05, 0.1) is 11.5 Å². The lowest BCUT2D eigenvalue weighted by Crippen LogP contribution is -1.99. The van der Waals surface area contributed by atoms with Crippen LogP contribution < -0.4 is 0 Å². The highest BCUT2D eigenvalue weighted by Crippen LogP contribution is 2.21. The second-order valence-electron chi connectivity index (χ2n) is 2.31. The van der Waals surface area contributed by atoms with Crippen molar-refractivity contribution in [3.05, 3.63) is 0 Å². The zero-order chi connectivity index (χ0) is 9.40. The largest absolute Gasteiger partial charge is 0.299 e. The molecule has 2 nitrogen and oxygen atoms in total. The topological polar surface area (TPSA) is 34.1 Å². The Hall–Kier alpha value is 0.0400. The van der Waals surface area contributed by atoms with E-state index in [1.807, 2.05) is 13.8 Å². The molecule has 0 unspecified atom stereocenters. The fourth-order valence-corrected chi connectivity index (χ4v) is 2.55. The van der Waals surface area contributed by atoms with Gasteiger partial charge >= 0.3 is 0 Å². The van der Waals surface area contributed by atoms with Crippen LogP contribution in [0.1, 0.15) is 26.7 Å². The van der Waals surface area contributed by atoms with Crippen LogP contribution in [-0.4, -0.2) is 23.1 Å². The summed E-state index contributed by atoms with van der Waals surface area (Å²) in [4.78, 5) is 21.6. The first-order chi connectivity index (χ1) is 5.70. The second kappa shape index (κ2) is 7.68. The molecule has 0 N–H and O–H groups in total. The number of carbonyl (C=O) groups is 2. The summed E-state index contributed by atoms with van der Waals surface area (Å²) in [5, 5.41) is 0. The van der Waals surface area contributed by atoms with Gasteiger partial charge in [-0.2, -0.15) is 0 Å². The molecule has 0 saturated heterocycles. The van der Waals surface area contributed by atoms with E-state index >= 15 is 0 Å². The number of ketones is 2. The quantitative estimate of drug-likeness (QED) is 0.473. The summed E-state index contributed by atoms with van der Waals surface area (Å²) in [5.74, 6) is 1.55. The van der Waals surface area contributed by atoms with E-state index < -0.39 is 0 Å². The fraction of sp³-hybridized carbons (Fsp3) is 0.750. The Kier molecular flexibility index (Phi) is 7.70. The van der Waals surface area contributed by atoms with Crippen molar-refractivity contribution >= 4 is 33.2 Å². The van der Waals surface area contributed by atoms with E-state index in [-0.39, 0.29) is 11.6 Å². The van der Waals surface area contributed by atoms with E-state index in [0.29, 0.717) is 24.3 Å². The molecular formula is C8H14O2S2. The third-order valence-corrected chi connectivity index (χ3v) is 3.57. The van der Waals surface area contributed by atoms with Crippen molar-refractivity contribution in [3.63, 3.8) is 0 Å². The van der Waals surface area contributed by atoms with Crippen molar-refractivity contribution < 1.29 is 9.59 Å². The van der Waals surface area contributed by atoms with Crippen LogP contribution in [0.3, 0.4) is 0 Å². The van der Waals surface area contributed by atoms with E-state index in [0.717, 1.165) is 0 Å². The Morgan fingerprint density at radius 3 is 1.50 bits per heavy atom. The van der Waals surface area contributed by atoms with E-state index in [2.05, 4.69) is 0 Å². The molecule has 0 aliphatic carbocycles. The van der Waals surface area contributed by atoms with Crippen molar-refractivity contribution in [1.29, 1.82) is 0 Å². The molecule has 0 fully saturated rings. The van der Waals surface area contributed by atoms with Crippen molar-refractivity contribution in [1.82, 2.24) is 0 Å². The Bertz CT molecular complexity index is 139. The van der Waals surface area contributed by atoms with Gasteiger partial charge in [0.15, 0.2) is 0 Å². The zero-order valence-electron chi connectivity index (χ0n) is 7.46. The van der Waals surface area contributed by atoms with Gasteiger partial charge in [-0.1, -0.05) is 35.4 Å². The molecule has 0 aromatic carbocycles. The average Bonchev–Trinajstić information content (AvgIpc) is 2.11. The monoisotopic (exact) mass is 206 g/mol. The van der Waals surface area contributed by atoms with E-state index in [1.54, 1.807) is 0 Å². The van der Waals surface area contributed by atoms with Crippen LogP contribution in [0.25, 0.3) is 0 Å². The van der Waals surface area contributed by atoms with Gasteiger partial charge in [-0.05, 0) is 0 Å². The Morgan fingerprint density at radius 2 is 1.25 bits per heavy atom. The maximum Gasteiger partial charge on any atom is 0.143 e. The molecule has 0 saturated carbocycles. The van der Waals surface area contributed by atoms with Gasteiger partial charge in [-0.15, -0.1) is 0 Å². The first kappa shape index (κ1) is 12.0. The zero-order valence-corrected chi connectivity index (χ0v) is 9.09. The van der Waals surface area contributed by atoms with Crippen LogP contribution in [0.2, 0.25) is 0 Å². The highest BCUT2D eigenvalue weighted by molar-refractivity contribution is 8.77. The summed E-state index contributed by atoms with van der Waals surface area (Å²) in [7, 11) is 2.95. The molecule has 0 spiro atoms. The lowest BCUT2D eigenvalue weighted by Gasteiger charge is -1.97. The van der Waals surface area contributed by atoms with Crippen LogP contribution in [0.15, 0.2) is 0 Å². The van der Waals surface area contributed by atoms with Crippen LogP contribution in [-0.2, 0) is 9.59 Å². The molecule has 0 aromatic rings. The SMILES string of the molecule is CCC(=O)CSSCC(=O)CC. The van der Waals surface area contributed by atoms with Gasteiger partial charge in [0.25, 0.3) is 0 Å². The summed E-state index contributed by atoms with van der Waals surface area (Å²) >= 11 is 0. The first-order valence-electron chi connectivity index (χ1n) is 3.98. The molecule has 0 atom stereocenters. The van der Waals surface area contributed by atoms with Gasteiger partial charge in [0, 0.05) is 12.8 Å². The minimum absolute atomic E-state index is 0.247. The minimum Gasteiger partial charge on any atom is -0.299 e. The summed E-state index contributed by atoms with van der Waals surface area (Å²) in [5.41, 5.74) is 0. The smallest absolute Gasteiger partial charge is 0.143 e. The molecule has 12 heavy (non-hydrogen) atoms. The standard InChI is InChI=1S/C8H14O2S2/c1-3-7(9)5-11-12-6-8(10)4-2/h3-6H2,1-2H3. The molecule has 0 rings (SSSR count). The van der Waals surface area contributed by atoms with E-state index in [9.17, 15) is 9.59 Å². The molecular weight excluding hydrogens is 192 g/mol. The van der Waals surface area contributed by atoms with Crippen molar-refractivity contribution in [2.24, 2.45) is 0 Å². The molecule has 0 bridgehead atoms. The van der Waals surface area contributed by atoms with Gasteiger partial charge in [-0.3, -0.25) is 9.59 Å². The molecule has 0 aliphatic rings. The Labute approximate surface area is 81.3 Å². The van der Waals surface area contributed by atoms with E-state index in [4.69, 9.17) is 0 Å². The number of hydrogen-bond acceptors (Lipinski definition) is 4. The van der Waals surface area contributed by atoms with Crippen LogP contribution in [0, 0.1) is 0 Å². The number of Topliss-reactive ketones (excluding diaryl/α,β-unsaturated/α-hetero) is 2. The molecule has 0 amide bonds. The summed E-state index contributed by atoms with van der Waals surface area (Å²) < 4.78 is 0. The third-order valence-electron chi connectivity index (χ3n) is 1.31. The summed E-state index contributed by atoms with van der Waals surface area (Å²) in [6.45, 7) is 3.70. The van der Waals surface area contributed by atoms with Gasteiger partial charge < -0.3 is 0 Å². The molecule has 0 aromatic heterocycles. The third kappa shape index (κ3) is 6.73. The Balaban J connectivity index is 3.21. The summed E-state index contributed by atoms with van der Waals surface area (Å²) in [6, 6.07) is 0. The van der Waals surface area contributed by atoms with Crippen molar-refractivity contribution in [3.8, 4) is 0 Å². The van der Waals surface area contributed by atoms with Gasteiger partial charge in [0.1, 0.15) is 11.6 Å². The van der Waals surface area contributed by atoms with E-state index in [1.165, 1.54) is 21.6 Å². The van der Waals surface area contributed by atoms with Crippen LogP contribution in [0.4, 0.5) is 0 Å². The number of hydrogen-bond donors (Lipinski definition) is 0.